The highest BCUT2D eigenvalue weighted by molar-refractivity contribution is 5.84. The third kappa shape index (κ3) is 2.08. The van der Waals surface area contributed by atoms with Crippen molar-refractivity contribution < 1.29 is 9.15 Å². The zero-order valence-corrected chi connectivity index (χ0v) is 11.0. The minimum absolute atomic E-state index is 0.801. The number of furan rings is 1. The highest BCUT2D eigenvalue weighted by Crippen LogP contribution is 2.31. The second-order valence-electron chi connectivity index (χ2n) is 4.37. The van der Waals surface area contributed by atoms with Gasteiger partial charge in [0.25, 0.3) is 0 Å². The van der Waals surface area contributed by atoms with Crippen molar-refractivity contribution in [3.05, 3.63) is 48.3 Å². The minimum atomic E-state index is 0.801. The van der Waals surface area contributed by atoms with Gasteiger partial charge in [0, 0.05) is 23.2 Å². The molecule has 0 saturated heterocycles. The van der Waals surface area contributed by atoms with Gasteiger partial charge in [0.1, 0.15) is 17.1 Å². The van der Waals surface area contributed by atoms with Gasteiger partial charge in [0.2, 0.25) is 0 Å². The molecule has 2 heterocycles. The quantitative estimate of drug-likeness (QED) is 0.706. The highest BCUT2D eigenvalue weighted by atomic mass is 16.5. The molecule has 0 aliphatic carbocycles. The number of nitrogens with zero attached hydrogens (tertiary/aromatic N) is 1. The Bertz CT molecular complexity index is 716. The number of ether oxygens (including phenoxy) is 1. The van der Waals surface area contributed by atoms with Crippen LogP contribution in [0.2, 0.25) is 0 Å². The molecule has 0 bridgehead atoms. The molecule has 0 aliphatic heterocycles. The maximum absolute atomic E-state index is 5.92. The molecule has 0 aliphatic rings. The molecule has 0 radical (unpaired) electrons. The Labute approximate surface area is 111 Å². The standard InChI is InChI=1S/C16H15NO2/c1-3-14-13(5-4-8-17-14)16-9-11-6-7-12(18-2)10-15(11)19-16/h4-10H,3H2,1-2H3. The van der Waals surface area contributed by atoms with Gasteiger partial charge in [-0.15, -0.1) is 0 Å². The maximum Gasteiger partial charge on any atom is 0.138 e. The first kappa shape index (κ1) is 11.8. The fourth-order valence-electron chi connectivity index (χ4n) is 2.22. The number of aromatic nitrogens is 1. The first-order valence-electron chi connectivity index (χ1n) is 6.33. The Morgan fingerprint density at radius 1 is 1.21 bits per heavy atom. The number of rotatable bonds is 3. The molecule has 0 atom stereocenters. The van der Waals surface area contributed by atoms with E-state index < -0.39 is 0 Å². The van der Waals surface area contributed by atoms with Crippen molar-refractivity contribution >= 4 is 11.0 Å². The summed E-state index contributed by atoms with van der Waals surface area (Å²) in [5.74, 6) is 1.66. The molecule has 3 nitrogen and oxygen atoms in total. The van der Waals surface area contributed by atoms with Crippen molar-refractivity contribution in [2.24, 2.45) is 0 Å². The number of methoxy groups -OCH3 is 1. The Balaban J connectivity index is 2.15. The smallest absolute Gasteiger partial charge is 0.138 e. The van der Waals surface area contributed by atoms with Crippen LogP contribution in [0.25, 0.3) is 22.3 Å². The third-order valence-electron chi connectivity index (χ3n) is 3.22. The van der Waals surface area contributed by atoms with Crippen molar-refractivity contribution in [3.8, 4) is 17.1 Å². The van der Waals surface area contributed by atoms with E-state index in [0.717, 1.165) is 40.2 Å². The summed E-state index contributed by atoms with van der Waals surface area (Å²) in [5, 5.41) is 1.07. The summed E-state index contributed by atoms with van der Waals surface area (Å²) in [4.78, 5) is 4.39. The van der Waals surface area contributed by atoms with E-state index in [2.05, 4.69) is 11.9 Å². The van der Waals surface area contributed by atoms with Crippen molar-refractivity contribution in [2.75, 3.05) is 7.11 Å². The monoisotopic (exact) mass is 253 g/mol. The average Bonchev–Trinajstić information content (AvgIpc) is 2.89. The van der Waals surface area contributed by atoms with E-state index in [4.69, 9.17) is 9.15 Å². The second-order valence-corrected chi connectivity index (χ2v) is 4.37. The number of hydrogen-bond acceptors (Lipinski definition) is 3. The maximum atomic E-state index is 5.92. The van der Waals surface area contributed by atoms with Gasteiger partial charge in [-0.1, -0.05) is 6.92 Å². The van der Waals surface area contributed by atoms with Crippen LogP contribution in [0.3, 0.4) is 0 Å². The fourth-order valence-corrected chi connectivity index (χ4v) is 2.22. The SMILES string of the molecule is CCc1ncccc1-c1cc2ccc(OC)cc2o1. The van der Waals surface area contributed by atoms with Crippen LogP contribution in [0.1, 0.15) is 12.6 Å². The van der Waals surface area contributed by atoms with Crippen molar-refractivity contribution in [1.29, 1.82) is 0 Å². The molecule has 3 aromatic rings. The van der Waals surface area contributed by atoms with E-state index in [1.807, 2.05) is 42.6 Å². The van der Waals surface area contributed by atoms with Crippen LogP contribution in [-0.4, -0.2) is 12.1 Å². The lowest BCUT2D eigenvalue weighted by atomic mass is 10.1. The number of pyridine rings is 1. The van der Waals surface area contributed by atoms with Crippen LogP contribution in [0, 0.1) is 0 Å². The highest BCUT2D eigenvalue weighted by Gasteiger charge is 2.10. The molecule has 0 fully saturated rings. The zero-order valence-electron chi connectivity index (χ0n) is 11.0. The Morgan fingerprint density at radius 2 is 2.11 bits per heavy atom. The predicted octanol–water partition coefficient (Wildman–Crippen LogP) is 4.07. The number of fused-ring (bicyclic) bond motifs is 1. The molecule has 0 saturated carbocycles. The summed E-state index contributed by atoms with van der Waals surface area (Å²) >= 11 is 0. The summed E-state index contributed by atoms with van der Waals surface area (Å²) in [5.41, 5.74) is 2.94. The van der Waals surface area contributed by atoms with Gasteiger partial charge in [0.05, 0.1) is 12.8 Å². The Kier molecular flexibility index (Phi) is 2.95. The predicted molar refractivity (Wildman–Crippen MR) is 75.4 cm³/mol. The van der Waals surface area contributed by atoms with Crippen LogP contribution in [0.15, 0.2) is 47.0 Å². The van der Waals surface area contributed by atoms with E-state index in [-0.39, 0.29) is 0 Å². The topological polar surface area (TPSA) is 35.3 Å². The first-order valence-corrected chi connectivity index (χ1v) is 6.33. The molecule has 3 rings (SSSR count). The summed E-state index contributed by atoms with van der Waals surface area (Å²) in [6.07, 6.45) is 2.70. The van der Waals surface area contributed by atoms with Crippen molar-refractivity contribution in [3.63, 3.8) is 0 Å². The molecule has 19 heavy (non-hydrogen) atoms. The van der Waals surface area contributed by atoms with Crippen LogP contribution < -0.4 is 4.74 Å². The van der Waals surface area contributed by atoms with Crippen LogP contribution in [0.4, 0.5) is 0 Å². The molecule has 3 heteroatoms. The molecule has 0 unspecified atom stereocenters. The van der Waals surface area contributed by atoms with Gasteiger partial charge in [-0.2, -0.15) is 0 Å². The van der Waals surface area contributed by atoms with Crippen LogP contribution in [-0.2, 0) is 6.42 Å². The second kappa shape index (κ2) is 4.76. The van der Waals surface area contributed by atoms with Gasteiger partial charge in [0.15, 0.2) is 0 Å². The fraction of sp³-hybridized carbons (Fsp3) is 0.188. The zero-order chi connectivity index (χ0) is 13.2. The summed E-state index contributed by atoms with van der Waals surface area (Å²) < 4.78 is 11.1. The molecule has 96 valence electrons. The van der Waals surface area contributed by atoms with Gasteiger partial charge in [-0.3, -0.25) is 4.98 Å². The van der Waals surface area contributed by atoms with Crippen LogP contribution in [0.5, 0.6) is 5.75 Å². The first-order chi connectivity index (χ1) is 9.31. The molecular weight excluding hydrogens is 238 g/mol. The van der Waals surface area contributed by atoms with Gasteiger partial charge in [-0.05, 0) is 36.8 Å². The lowest BCUT2D eigenvalue weighted by Gasteiger charge is -2.02. The van der Waals surface area contributed by atoms with E-state index in [1.54, 1.807) is 7.11 Å². The average molecular weight is 253 g/mol. The number of benzene rings is 1. The lowest BCUT2D eigenvalue weighted by molar-refractivity contribution is 0.414. The molecule has 1 aromatic carbocycles. The van der Waals surface area contributed by atoms with Gasteiger partial charge in [-0.25, -0.2) is 0 Å². The largest absolute Gasteiger partial charge is 0.497 e. The molecular formula is C16H15NO2. The Hall–Kier alpha value is -2.29. The molecule has 2 aromatic heterocycles. The number of aryl methyl sites for hydroxylation is 1. The van der Waals surface area contributed by atoms with Crippen molar-refractivity contribution in [1.82, 2.24) is 4.98 Å². The van der Waals surface area contributed by atoms with E-state index in [9.17, 15) is 0 Å². The summed E-state index contributed by atoms with van der Waals surface area (Å²) in [7, 11) is 1.65. The molecule has 0 N–H and O–H groups in total. The summed E-state index contributed by atoms with van der Waals surface area (Å²) in [6.45, 7) is 2.09. The molecule has 0 spiro atoms. The van der Waals surface area contributed by atoms with E-state index in [1.165, 1.54) is 0 Å². The summed E-state index contributed by atoms with van der Waals surface area (Å²) in [6, 6.07) is 11.9. The minimum Gasteiger partial charge on any atom is -0.497 e. The Morgan fingerprint density at radius 3 is 2.89 bits per heavy atom. The van der Waals surface area contributed by atoms with Gasteiger partial charge < -0.3 is 9.15 Å². The normalized spacial score (nSPS) is 10.8. The van der Waals surface area contributed by atoms with E-state index in [0.29, 0.717) is 0 Å². The third-order valence-corrected chi connectivity index (χ3v) is 3.22. The lowest BCUT2D eigenvalue weighted by Crippen LogP contribution is -1.89. The van der Waals surface area contributed by atoms with E-state index >= 15 is 0 Å². The number of hydrogen-bond donors (Lipinski definition) is 0. The molecule has 0 amide bonds. The van der Waals surface area contributed by atoms with Crippen LogP contribution >= 0.6 is 0 Å². The van der Waals surface area contributed by atoms with Gasteiger partial charge >= 0.3 is 0 Å². The van der Waals surface area contributed by atoms with Crippen molar-refractivity contribution in [2.45, 2.75) is 13.3 Å².